The lowest BCUT2D eigenvalue weighted by Crippen LogP contribution is -2.12. The van der Waals surface area contributed by atoms with E-state index in [0.717, 1.165) is 5.69 Å². The molecule has 0 unspecified atom stereocenters. The number of aromatic nitrogens is 2. The van der Waals surface area contributed by atoms with Gasteiger partial charge in [-0.2, -0.15) is 0 Å². The van der Waals surface area contributed by atoms with Gasteiger partial charge in [-0.15, -0.1) is 11.6 Å². The number of nitrogens with zero attached hydrogens (tertiary/aromatic N) is 3. The van der Waals surface area contributed by atoms with Crippen LogP contribution in [0.2, 0.25) is 5.02 Å². The Morgan fingerprint density at radius 1 is 1.47 bits per heavy atom. The van der Waals surface area contributed by atoms with E-state index < -0.39 is 0 Å². The van der Waals surface area contributed by atoms with Crippen LogP contribution in [-0.4, -0.2) is 21.3 Å². The van der Waals surface area contributed by atoms with E-state index >= 15 is 0 Å². The molecule has 4 nitrogen and oxygen atoms in total. The Bertz CT molecular complexity index is 534. The molecule has 0 spiro atoms. The molecule has 2 rings (SSSR count). The van der Waals surface area contributed by atoms with Gasteiger partial charge in [0.2, 0.25) is 0 Å². The first kappa shape index (κ1) is 12.0. The number of para-hydroxylation sites is 1. The number of rotatable bonds is 3. The smallest absolute Gasteiger partial charge is 0.115 e. The van der Waals surface area contributed by atoms with Gasteiger partial charge in [-0.25, -0.2) is 9.98 Å². The number of amidine groups is 1. The third-order valence-corrected chi connectivity index (χ3v) is 2.71. The molecule has 0 bridgehead atoms. The SMILES string of the molecule is NC(CCl)=Nc1cccc(Cl)c1-n1ccnc1. The fourth-order valence-corrected chi connectivity index (χ4v) is 1.75. The van der Waals surface area contributed by atoms with Crippen LogP contribution in [0.15, 0.2) is 41.9 Å². The minimum Gasteiger partial charge on any atom is -0.386 e. The molecule has 88 valence electrons. The molecule has 0 saturated heterocycles. The Morgan fingerprint density at radius 3 is 2.94 bits per heavy atom. The van der Waals surface area contributed by atoms with Crippen molar-refractivity contribution < 1.29 is 0 Å². The molecule has 2 N–H and O–H groups in total. The zero-order valence-corrected chi connectivity index (χ0v) is 10.4. The monoisotopic (exact) mass is 268 g/mol. The number of benzene rings is 1. The van der Waals surface area contributed by atoms with E-state index in [1.807, 2.05) is 12.1 Å². The van der Waals surface area contributed by atoms with Crippen molar-refractivity contribution >= 4 is 34.7 Å². The predicted octanol–water partition coefficient (Wildman–Crippen LogP) is 2.75. The summed E-state index contributed by atoms with van der Waals surface area (Å²) < 4.78 is 1.78. The quantitative estimate of drug-likeness (QED) is 0.529. The van der Waals surface area contributed by atoms with Crippen molar-refractivity contribution in [2.24, 2.45) is 10.7 Å². The lowest BCUT2D eigenvalue weighted by atomic mass is 10.2. The Hall–Kier alpha value is -1.52. The molecule has 1 heterocycles. The minimum atomic E-state index is 0.176. The van der Waals surface area contributed by atoms with E-state index in [4.69, 9.17) is 28.9 Å². The zero-order valence-electron chi connectivity index (χ0n) is 8.85. The van der Waals surface area contributed by atoms with Gasteiger partial charge in [-0.05, 0) is 12.1 Å². The van der Waals surface area contributed by atoms with E-state index in [-0.39, 0.29) is 5.88 Å². The second-order valence-corrected chi connectivity index (χ2v) is 3.99. The summed E-state index contributed by atoms with van der Waals surface area (Å²) in [5, 5.41) is 0.576. The molecule has 0 fully saturated rings. The van der Waals surface area contributed by atoms with Crippen LogP contribution in [0.4, 0.5) is 5.69 Å². The molecule has 1 aromatic heterocycles. The molecule has 0 radical (unpaired) electrons. The number of nitrogens with two attached hydrogens (primary N) is 1. The number of halogens is 2. The summed E-state index contributed by atoms with van der Waals surface area (Å²) in [4.78, 5) is 8.20. The lowest BCUT2D eigenvalue weighted by Gasteiger charge is -2.09. The maximum atomic E-state index is 6.16. The van der Waals surface area contributed by atoms with Crippen molar-refractivity contribution in [2.75, 3.05) is 5.88 Å². The topological polar surface area (TPSA) is 56.2 Å². The summed E-state index contributed by atoms with van der Waals surface area (Å²) in [6.45, 7) is 0. The molecule has 0 aliphatic carbocycles. The number of hydrogen-bond donors (Lipinski definition) is 1. The summed E-state index contributed by atoms with van der Waals surface area (Å²) in [7, 11) is 0. The van der Waals surface area contributed by atoms with Crippen molar-refractivity contribution in [3.05, 3.63) is 41.9 Å². The summed E-state index contributed by atoms with van der Waals surface area (Å²) >= 11 is 11.8. The molecule has 17 heavy (non-hydrogen) atoms. The normalized spacial score (nSPS) is 11.8. The predicted molar refractivity (Wildman–Crippen MR) is 70.6 cm³/mol. The van der Waals surface area contributed by atoms with Gasteiger partial charge in [-0.3, -0.25) is 0 Å². The summed E-state index contributed by atoms with van der Waals surface area (Å²) in [5.41, 5.74) is 7.02. The minimum absolute atomic E-state index is 0.176. The van der Waals surface area contributed by atoms with Gasteiger partial charge in [0.1, 0.15) is 5.84 Å². The van der Waals surface area contributed by atoms with E-state index in [1.165, 1.54) is 0 Å². The fraction of sp³-hybridized carbons (Fsp3) is 0.0909. The van der Waals surface area contributed by atoms with Crippen molar-refractivity contribution in [3.8, 4) is 5.69 Å². The zero-order chi connectivity index (χ0) is 12.3. The Kier molecular flexibility index (Phi) is 3.66. The van der Waals surface area contributed by atoms with Crippen molar-refractivity contribution in [3.63, 3.8) is 0 Å². The molecule has 0 aliphatic rings. The molecule has 0 aliphatic heterocycles. The highest BCUT2D eigenvalue weighted by atomic mass is 35.5. The maximum absolute atomic E-state index is 6.16. The van der Waals surface area contributed by atoms with Gasteiger partial charge in [-0.1, -0.05) is 17.7 Å². The summed E-state index contributed by atoms with van der Waals surface area (Å²) in [5.74, 6) is 0.519. The average Bonchev–Trinajstić information content (AvgIpc) is 2.82. The third-order valence-electron chi connectivity index (χ3n) is 2.13. The number of hydrogen-bond acceptors (Lipinski definition) is 2. The van der Waals surface area contributed by atoms with Crippen LogP contribution in [0.3, 0.4) is 0 Å². The molecular formula is C11H10Cl2N4. The molecule has 6 heteroatoms. The average molecular weight is 269 g/mol. The third kappa shape index (κ3) is 2.60. The highest BCUT2D eigenvalue weighted by molar-refractivity contribution is 6.33. The van der Waals surface area contributed by atoms with Gasteiger partial charge < -0.3 is 10.3 Å². The van der Waals surface area contributed by atoms with Gasteiger partial charge in [0.15, 0.2) is 0 Å². The largest absolute Gasteiger partial charge is 0.386 e. The van der Waals surface area contributed by atoms with Crippen LogP contribution in [0.5, 0.6) is 0 Å². The van der Waals surface area contributed by atoms with Gasteiger partial charge in [0, 0.05) is 12.4 Å². The highest BCUT2D eigenvalue weighted by Crippen LogP contribution is 2.30. The van der Waals surface area contributed by atoms with Crippen LogP contribution in [0, 0.1) is 0 Å². The van der Waals surface area contributed by atoms with Crippen LogP contribution in [-0.2, 0) is 0 Å². The first-order valence-electron chi connectivity index (χ1n) is 4.88. The van der Waals surface area contributed by atoms with Crippen LogP contribution in [0.1, 0.15) is 0 Å². The van der Waals surface area contributed by atoms with Gasteiger partial charge >= 0.3 is 0 Å². The van der Waals surface area contributed by atoms with E-state index in [0.29, 0.717) is 16.5 Å². The van der Waals surface area contributed by atoms with E-state index in [2.05, 4.69) is 9.98 Å². The second kappa shape index (κ2) is 5.21. The van der Waals surface area contributed by atoms with Crippen molar-refractivity contribution in [1.29, 1.82) is 0 Å². The number of aliphatic imine (C=N–C) groups is 1. The van der Waals surface area contributed by atoms with Crippen molar-refractivity contribution in [2.45, 2.75) is 0 Å². The number of imidazole rings is 1. The molecule has 0 saturated carbocycles. The van der Waals surface area contributed by atoms with Gasteiger partial charge in [0.25, 0.3) is 0 Å². The molecule has 0 amide bonds. The van der Waals surface area contributed by atoms with E-state index in [9.17, 15) is 0 Å². The first-order chi connectivity index (χ1) is 8.22. The second-order valence-electron chi connectivity index (χ2n) is 3.31. The number of alkyl halides is 1. The maximum Gasteiger partial charge on any atom is 0.115 e. The van der Waals surface area contributed by atoms with Gasteiger partial charge in [0.05, 0.1) is 28.6 Å². The Labute approximate surface area is 109 Å². The summed E-state index contributed by atoms with van der Waals surface area (Å²) in [6.07, 6.45) is 5.11. The molecule has 0 atom stereocenters. The van der Waals surface area contributed by atoms with E-state index in [1.54, 1.807) is 29.4 Å². The molecule has 1 aromatic carbocycles. The Balaban J connectivity index is 2.57. The lowest BCUT2D eigenvalue weighted by molar-refractivity contribution is 1.05. The standard InChI is InChI=1S/C11H10Cl2N4/c12-6-10(14)16-9-3-1-2-8(13)11(9)17-5-4-15-7-17/h1-5,7H,6H2,(H2,14,16). The van der Waals surface area contributed by atoms with Crippen LogP contribution >= 0.6 is 23.2 Å². The molecule has 2 aromatic rings. The highest BCUT2D eigenvalue weighted by Gasteiger charge is 2.08. The van der Waals surface area contributed by atoms with Crippen LogP contribution in [0.25, 0.3) is 5.69 Å². The first-order valence-corrected chi connectivity index (χ1v) is 5.79. The fourth-order valence-electron chi connectivity index (χ4n) is 1.43. The summed E-state index contributed by atoms with van der Waals surface area (Å²) in [6, 6.07) is 5.41. The Morgan fingerprint density at radius 2 is 2.29 bits per heavy atom. The molecular weight excluding hydrogens is 259 g/mol. The van der Waals surface area contributed by atoms with Crippen molar-refractivity contribution in [1.82, 2.24) is 9.55 Å². The van der Waals surface area contributed by atoms with Crippen LogP contribution < -0.4 is 5.73 Å².